The molecule has 1 aliphatic rings. The third-order valence-corrected chi connectivity index (χ3v) is 4.95. The van der Waals surface area contributed by atoms with E-state index in [1.807, 2.05) is 31.2 Å². The first-order valence-electron chi connectivity index (χ1n) is 9.59. The van der Waals surface area contributed by atoms with E-state index in [0.717, 1.165) is 34.0 Å². The van der Waals surface area contributed by atoms with Gasteiger partial charge in [-0.2, -0.15) is 0 Å². The van der Waals surface area contributed by atoms with E-state index in [1.165, 1.54) is 4.57 Å². The highest BCUT2D eigenvalue weighted by Gasteiger charge is 2.30. The van der Waals surface area contributed by atoms with Crippen LogP contribution in [0.1, 0.15) is 21.7 Å². The molecule has 31 heavy (non-hydrogen) atoms. The van der Waals surface area contributed by atoms with Crippen molar-refractivity contribution < 1.29 is 18.4 Å². The zero-order valence-corrected chi connectivity index (χ0v) is 16.6. The number of nitrogens with one attached hydrogen (secondary N) is 1. The maximum absolute atomic E-state index is 13.7. The molecule has 1 N–H and O–H groups in total. The maximum Gasteiger partial charge on any atom is 0.346 e. The second-order valence-corrected chi connectivity index (χ2v) is 7.30. The van der Waals surface area contributed by atoms with Crippen molar-refractivity contribution in [2.75, 3.05) is 11.9 Å². The third kappa shape index (κ3) is 4.23. The predicted molar refractivity (Wildman–Crippen MR) is 107 cm³/mol. The van der Waals surface area contributed by atoms with Crippen LogP contribution in [0.25, 0.3) is 0 Å². The van der Waals surface area contributed by atoms with Crippen molar-refractivity contribution in [1.82, 2.24) is 19.2 Å². The SMILES string of the molecule is Cc1cccc(CN2CCn3c(nn(CC(=O)Nc4cc(F)ccc4F)c3=O)C2=O)c1. The monoisotopic (exact) mass is 427 g/mol. The summed E-state index contributed by atoms with van der Waals surface area (Å²) >= 11 is 0. The van der Waals surface area contributed by atoms with Gasteiger partial charge in [0.25, 0.3) is 5.91 Å². The van der Waals surface area contributed by atoms with Gasteiger partial charge >= 0.3 is 5.69 Å². The quantitative estimate of drug-likeness (QED) is 0.674. The van der Waals surface area contributed by atoms with E-state index in [1.54, 1.807) is 4.90 Å². The number of fused-ring (bicyclic) bond motifs is 1. The number of benzene rings is 2. The topological polar surface area (TPSA) is 89.2 Å². The minimum atomic E-state index is -0.812. The second kappa shape index (κ2) is 8.13. The lowest BCUT2D eigenvalue weighted by Gasteiger charge is -2.26. The number of carbonyl (C=O) groups is 2. The van der Waals surface area contributed by atoms with Crippen molar-refractivity contribution in [3.63, 3.8) is 0 Å². The van der Waals surface area contributed by atoms with Gasteiger partial charge in [0.05, 0.1) is 5.69 Å². The van der Waals surface area contributed by atoms with Crippen LogP contribution in [-0.2, 0) is 24.4 Å². The van der Waals surface area contributed by atoms with Crippen molar-refractivity contribution in [3.8, 4) is 0 Å². The number of aromatic nitrogens is 3. The van der Waals surface area contributed by atoms with Crippen molar-refractivity contribution >= 4 is 17.5 Å². The van der Waals surface area contributed by atoms with Crippen LogP contribution >= 0.6 is 0 Å². The largest absolute Gasteiger partial charge is 0.346 e. The molecule has 0 aliphatic carbocycles. The number of rotatable bonds is 5. The molecule has 0 spiro atoms. The lowest BCUT2D eigenvalue weighted by atomic mass is 10.1. The van der Waals surface area contributed by atoms with Gasteiger partial charge in [0.1, 0.15) is 18.2 Å². The molecule has 1 aromatic heterocycles. The molecule has 0 atom stereocenters. The van der Waals surface area contributed by atoms with Gasteiger partial charge in [-0.25, -0.2) is 18.3 Å². The highest BCUT2D eigenvalue weighted by atomic mass is 19.1. The van der Waals surface area contributed by atoms with Crippen LogP contribution in [0, 0.1) is 18.6 Å². The Morgan fingerprint density at radius 1 is 1.13 bits per heavy atom. The molecular formula is C21H19F2N5O3. The molecule has 0 radical (unpaired) electrons. The molecule has 0 fully saturated rings. The van der Waals surface area contributed by atoms with E-state index in [0.29, 0.717) is 13.1 Å². The van der Waals surface area contributed by atoms with Crippen LogP contribution in [0.5, 0.6) is 0 Å². The molecule has 1 aliphatic heterocycles. The Balaban J connectivity index is 1.50. The molecule has 160 valence electrons. The molecule has 0 saturated carbocycles. The molecule has 0 unspecified atom stereocenters. The average Bonchev–Trinajstić information content (AvgIpc) is 3.03. The minimum Gasteiger partial charge on any atom is -0.330 e. The molecule has 2 heterocycles. The summed E-state index contributed by atoms with van der Waals surface area (Å²) in [6.45, 7) is 2.36. The molecule has 3 aromatic rings. The van der Waals surface area contributed by atoms with Crippen LogP contribution in [0.3, 0.4) is 0 Å². The van der Waals surface area contributed by atoms with Crippen LogP contribution in [0.4, 0.5) is 14.5 Å². The van der Waals surface area contributed by atoms with Gasteiger partial charge in [-0.1, -0.05) is 29.8 Å². The summed E-state index contributed by atoms with van der Waals surface area (Å²) in [5, 5.41) is 6.22. The molecular weight excluding hydrogens is 408 g/mol. The third-order valence-electron chi connectivity index (χ3n) is 4.95. The fourth-order valence-electron chi connectivity index (χ4n) is 3.47. The van der Waals surface area contributed by atoms with E-state index < -0.39 is 35.7 Å². The smallest absolute Gasteiger partial charge is 0.330 e. The van der Waals surface area contributed by atoms with Crippen molar-refractivity contribution in [3.05, 3.63) is 81.5 Å². The lowest BCUT2D eigenvalue weighted by molar-refractivity contribution is -0.117. The van der Waals surface area contributed by atoms with E-state index in [-0.39, 0.29) is 18.1 Å². The number of aryl methyl sites for hydroxylation is 1. The molecule has 0 bridgehead atoms. The highest BCUT2D eigenvalue weighted by molar-refractivity contribution is 5.92. The number of hydrogen-bond donors (Lipinski definition) is 1. The Morgan fingerprint density at radius 3 is 2.71 bits per heavy atom. The van der Waals surface area contributed by atoms with Gasteiger partial charge < -0.3 is 10.2 Å². The summed E-state index contributed by atoms with van der Waals surface area (Å²) in [6.07, 6.45) is 0. The Labute approximate surface area is 175 Å². The standard InChI is InChI=1S/C21H19F2N5O3/c1-13-3-2-4-14(9-13)11-26-7-8-27-19(20(26)30)25-28(21(27)31)12-18(29)24-17-10-15(22)5-6-16(17)23/h2-6,9-10H,7-8,11-12H2,1H3,(H,24,29). The molecule has 4 rings (SSSR count). The number of anilines is 1. The fraction of sp³-hybridized carbons (Fsp3) is 0.238. The molecule has 8 nitrogen and oxygen atoms in total. The first-order chi connectivity index (χ1) is 14.8. The van der Waals surface area contributed by atoms with Crippen LogP contribution in [0.15, 0.2) is 47.3 Å². The van der Waals surface area contributed by atoms with Crippen LogP contribution in [0.2, 0.25) is 0 Å². The Bertz CT molecular complexity index is 1230. The zero-order valence-electron chi connectivity index (χ0n) is 16.6. The first-order valence-corrected chi connectivity index (χ1v) is 9.59. The summed E-state index contributed by atoms with van der Waals surface area (Å²) in [6, 6.07) is 10.4. The van der Waals surface area contributed by atoms with Gasteiger partial charge in [-0.3, -0.25) is 14.2 Å². The molecule has 2 aromatic carbocycles. The minimum absolute atomic E-state index is 0.0614. The predicted octanol–water partition coefficient (Wildman–Crippen LogP) is 1.93. The van der Waals surface area contributed by atoms with Gasteiger partial charge in [0.15, 0.2) is 0 Å². The van der Waals surface area contributed by atoms with Gasteiger partial charge in [0, 0.05) is 25.7 Å². The van der Waals surface area contributed by atoms with Crippen LogP contribution in [-0.4, -0.2) is 37.6 Å². The highest BCUT2D eigenvalue weighted by Crippen LogP contribution is 2.16. The van der Waals surface area contributed by atoms with E-state index in [2.05, 4.69) is 10.4 Å². The maximum atomic E-state index is 13.7. The fourth-order valence-corrected chi connectivity index (χ4v) is 3.47. The van der Waals surface area contributed by atoms with E-state index in [4.69, 9.17) is 0 Å². The number of nitrogens with zero attached hydrogens (tertiary/aromatic N) is 4. The van der Waals surface area contributed by atoms with Crippen molar-refractivity contribution in [2.24, 2.45) is 0 Å². The van der Waals surface area contributed by atoms with Crippen molar-refractivity contribution in [2.45, 2.75) is 26.6 Å². The summed E-state index contributed by atoms with van der Waals surface area (Å²) in [5.74, 6) is -2.78. The van der Waals surface area contributed by atoms with Gasteiger partial charge in [-0.05, 0) is 24.6 Å². The summed E-state index contributed by atoms with van der Waals surface area (Å²) in [5.41, 5.74) is 1.07. The first kappa shape index (κ1) is 20.5. The van der Waals surface area contributed by atoms with E-state index >= 15 is 0 Å². The number of hydrogen-bond acceptors (Lipinski definition) is 4. The average molecular weight is 427 g/mol. The van der Waals surface area contributed by atoms with Crippen LogP contribution < -0.4 is 11.0 Å². The summed E-state index contributed by atoms with van der Waals surface area (Å²) in [7, 11) is 0. The molecule has 10 heteroatoms. The molecule has 0 saturated heterocycles. The zero-order chi connectivity index (χ0) is 22.1. The summed E-state index contributed by atoms with van der Waals surface area (Å²) in [4.78, 5) is 39.2. The Kier molecular flexibility index (Phi) is 5.37. The second-order valence-electron chi connectivity index (χ2n) is 7.30. The number of halogens is 2. The van der Waals surface area contributed by atoms with Gasteiger partial charge in [0.2, 0.25) is 11.7 Å². The van der Waals surface area contributed by atoms with Crippen molar-refractivity contribution in [1.29, 1.82) is 0 Å². The number of amides is 2. The normalized spacial score (nSPS) is 13.3. The lowest BCUT2D eigenvalue weighted by Crippen LogP contribution is -2.42. The Hall–Kier alpha value is -3.82. The molecule has 2 amide bonds. The number of carbonyl (C=O) groups excluding carboxylic acids is 2. The summed E-state index contributed by atoms with van der Waals surface area (Å²) < 4.78 is 29.0. The van der Waals surface area contributed by atoms with E-state index in [9.17, 15) is 23.2 Å². The van der Waals surface area contributed by atoms with Gasteiger partial charge in [-0.15, -0.1) is 5.10 Å². The Morgan fingerprint density at radius 2 is 1.94 bits per heavy atom.